The molecule has 0 amide bonds. The van der Waals surface area contributed by atoms with E-state index in [2.05, 4.69) is 33.0 Å². The lowest BCUT2D eigenvalue weighted by atomic mass is 10.4. The van der Waals surface area contributed by atoms with Gasteiger partial charge in [0.25, 0.3) is 0 Å². The second kappa shape index (κ2) is 5.34. The minimum absolute atomic E-state index is 1.08. The standard InChI is InChI=1S/C10H17N3S/c1-2-10(14-9-1)13-7-5-11-3-4-12-6-8-13/h1-2,9,11-12H,3-8H2. The fraction of sp³-hybridized carbons (Fsp3) is 0.600. The van der Waals surface area contributed by atoms with E-state index in [4.69, 9.17) is 0 Å². The molecule has 2 N–H and O–H groups in total. The summed E-state index contributed by atoms with van der Waals surface area (Å²) in [5.41, 5.74) is 0. The Kier molecular flexibility index (Phi) is 3.80. The van der Waals surface area contributed by atoms with Crippen LogP contribution in [0.5, 0.6) is 0 Å². The van der Waals surface area contributed by atoms with Crippen LogP contribution in [0.15, 0.2) is 17.5 Å². The molecular formula is C10H17N3S. The van der Waals surface area contributed by atoms with Crippen molar-refractivity contribution in [2.75, 3.05) is 44.2 Å². The second-order valence-corrected chi connectivity index (χ2v) is 4.36. The SMILES string of the molecule is c1csc(N2CCNCCNCC2)c1. The summed E-state index contributed by atoms with van der Waals surface area (Å²) in [6, 6.07) is 4.32. The molecule has 1 aromatic rings. The molecule has 0 radical (unpaired) electrons. The van der Waals surface area contributed by atoms with E-state index in [0.29, 0.717) is 0 Å². The molecule has 0 bridgehead atoms. The molecule has 0 atom stereocenters. The highest BCUT2D eigenvalue weighted by Crippen LogP contribution is 2.20. The highest BCUT2D eigenvalue weighted by atomic mass is 32.1. The summed E-state index contributed by atoms with van der Waals surface area (Å²) < 4.78 is 0. The van der Waals surface area contributed by atoms with Crippen molar-refractivity contribution in [3.63, 3.8) is 0 Å². The van der Waals surface area contributed by atoms with Crippen LogP contribution >= 0.6 is 11.3 Å². The predicted molar refractivity (Wildman–Crippen MR) is 62.3 cm³/mol. The van der Waals surface area contributed by atoms with Gasteiger partial charge in [0.1, 0.15) is 0 Å². The largest absolute Gasteiger partial charge is 0.361 e. The van der Waals surface area contributed by atoms with Crippen LogP contribution in [0.4, 0.5) is 5.00 Å². The van der Waals surface area contributed by atoms with Crippen LogP contribution in [-0.2, 0) is 0 Å². The van der Waals surface area contributed by atoms with Crippen molar-refractivity contribution in [1.29, 1.82) is 0 Å². The molecule has 1 fully saturated rings. The molecule has 0 aliphatic carbocycles. The third kappa shape index (κ3) is 2.70. The van der Waals surface area contributed by atoms with Crippen LogP contribution in [0.1, 0.15) is 0 Å². The van der Waals surface area contributed by atoms with E-state index in [-0.39, 0.29) is 0 Å². The Morgan fingerprint density at radius 3 is 2.36 bits per heavy atom. The first-order chi connectivity index (χ1) is 6.97. The molecule has 4 heteroatoms. The predicted octanol–water partition coefficient (Wildman–Crippen LogP) is 0.747. The molecule has 0 aromatic carbocycles. The summed E-state index contributed by atoms with van der Waals surface area (Å²) in [5.74, 6) is 0. The van der Waals surface area contributed by atoms with Crippen LogP contribution in [-0.4, -0.2) is 39.3 Å². The van der Waals surface area contributed by atoms with Crippen molar-refractivity contribution >= 4 is 16.3 Å². The molecule has 1 aliphatic heterocycles. The first-order valence-electron chi connectivity index (χ1n) is 5.17. The van der Waals surface area contributed by atoms with Crippen molar-refractivity contribution in [2.24, 2.45) is 0 Å². The van der Waals surface area contributed by atoms with Gasteiger partial charge in [0, 0.05) is 39.3 Å². The number of nitrogens with zero attached hydrogens (tertiary/aromatic N) is 1. The Morgan fingerprint density at radius 2 is 1.79 bits per heavy atom. The van der Waals surface area contributed by atoms with Gasteiger partial charge in [-0.1, -0.05) is 0 Å². The van der Waals surface area contributed by atoms with Crippen molar-refractivity contribution in [1.82, 2.24) is 10.6 Å². The van der Waals surface area contributed by atoms with Gasteiger partial charge < -0.3 is 15.5 Å². The lowest BCUT2D eigenvalue weighted by Crippen LogP contribution is -2.33. The topological polar surface area (TPSA) is 27.3 Å². The first-order valence-corrected chi connectivity index (χ1v) is 6.05. The van der Waals surface area contributed by atoms with Crippen molar-refractivity contribution < 1.29 is 0 Å². The average Bonchev–Trinajstić information content (AvgIpc) is 2.75. The number of rotatable bonds is 1. The summed E-state index contributed by atoms with van der Waals surface area (Å²) in [6.07, 6.45) is 0. The van der Waals surface area contributed by atoms with E-state index in [1.165, 1.54) is 5.00 Å². The molecule has 0 unspecified atom stereocenters. The van der Waals surface area contributed by atoms with Gasteiger partial charge in [0.15, 0.2) is 0 Å². The minimum Gasteiger partial charge on any atom is -0.361 e. The summed E-state index contributed by atoms with van der Waals surface area (Å²) in [7, 11) is 0. The highest BCUT2D eigenvalue weighted by Gasteiger charge is 2.07. The van der Waals surface area contributed by atoms with Crippen molar-refractivity contribution in [3.8, 4) is 0 Å². The Bertz CT molecular complexity index is 238. The van der Waals surface area contributed by atoms with Gasteiger partial charge in [0.05, 0.1) is 5.00 Å². The third-order valence-electron chi connectivity index (χ3n) is 2.41. The van der Waals surface area contributed by atoms with Crippen LogP contribution in [0.25, 0.3) is 0 Å². The maximum Gasteiger partial charge on any atom is 0.0909 e. The zero-order valence-electron chi connectivity index (χ0n) is 8.33. The maximum absolute atomic E-state index is 3.42. The van der Waals surface area contributed by atoms with Crippen molar-refractivity contribution in [3.05, 3.63) is 17.5 Å². The van der Waals surface area contributed by atoms with Gasteiger partial charge in [-0.3, -0.25) is 0 Å². The normalized spacial score (nSPS) is 19.9. The second-order valence-electron chi connectivity index (χ2n) is 3.44. The Morgan fingerprint density at radius 1 is 1.07 bits per heavy atom. The molecule has 1 aromatic heterocycles. The summed E-state index contributed by atoms with van der Waals surface area (Å²) in [6.45, 7) is 6.56. The molecule has 0 spiro atoms. The van der Waals surface area contributed by atoms with E-state index in [1.807, 2.05) is 11.3 Å². The van der Waals surface area contributed by atoms with E-state index >= 15 is 0 Å². The molecule has 1 saturated heterocycles. The third-order valence-corrected chi connectivity index (χ3v) is 3.34. The fourth-order valence-electron chi connectivity index (χ4n) is 1.64. The van der Waals surface area contributed by atoms with Gasteiger partial charge in [-0.2, -0.15) is 0 Å². The Hall–Kier alpha value is -0.580. The molecule has 0 saturated carbocycles. The van der Waals surface area contributed by atoms with Crippen LogP contribution in [0, 0.1) is 0 Å². The van der Waals surface area contributed by atoms with Crippen LogP contribution in [0.3, 0.4) is 0 Å². The van der Waals surface area contributed by atoms with Gasteiger partial charge in [0.2, 0.25) is 0 Å². The van der Waals surface area contributed by atoms with E-state index in [1.54, 1.807) is 0 Å². The molecule has 14 heavy (non-hydrogen) atoms. The number of anilines is 1. The lowest BCUT2D eigenvalue weighted by Gasteiger charge is -2.21. The monoisotopic (exact) mass is 211 g/mol. The lowest BCUT2D eigenvalue weighted by molar-refractivity contribution is 0.652. The number of nitrogens with one attached hydrogen (secondary N) is 2. The van der Waals surface area contributed by atoms with Crippen LogP contribution < -0.4 is 15.5 Å². The number of thiophene rings is 1. The molecule has 3 nitrogen and oxygen atoms in total. The molecule has 78 valence electrons. The summed E-state index contributed by atoms with van der Waals surface area (Å²) in [4.78, 5) is 2.44. The summed E-state index contributed by atoms with van der Waals surface area (Å²) in [5, 5.41) is 10.4. The quantitative estimate of drug-likeness (QED) is 0.718. The average molecular weight is 211 g/mol. The summed E-state index contributed by atoms with van der Waals surface area (Å²) >= 11 is 1.82. The van der Waals surface area contributed by atoms with Gasteiger partial charge in [-0.15, -0.1) is 11.3 Å². The fourth-order valence-corrected chi connectivity index (χ4v) is 2.42. The molecule has 2 rings (SSSR count). The van der Waals surface area contributed by atoms with Crippen molar-refractivity contribution in [2.45, 2.75) is 0 Å². The van der Waals surface area contributed by atoms with E-state index in [0.717, 1.165) is 39.3 Å². The maximum atomic E-state index is 3.42. The first kappa shape index (κ1) is 9.96. The molecular weight excluding hydrogens is 194 g/mol. The van der Waals surface area contributed by atoms with Gasteiger partial charge in [-0.25, -0.2) is 0 Å². The van der Waals surface area contributed by atoms with Gasteiger partial charge >= 0.3 is 0 Å². The van der Waals surface area contributed by atoms with E-state index in [9.17, 15) is 0 Å². The Labute approximate surface area is 89.1 Å². The number of hydrogen-bond donors (Lipinski definition) is 2. The Balaban J connectivity index is 1.94. The zero-order chi connectivity index (χ0) is 9.64. The van der Waals surface area contributed by atoms with E-state index < -0.39 is 0 Å². The molecule has 2 heterocycles. The van der Waals surface area contributed by atoms with Crippen LogP contribution in [0.2, 0.25) is 0 Å². The van der Waals surface area contributed by atoms with Gasteiger partial charge in [-0.05, 0) is 17.5 Å². The smallest absolute Gasteiger partial charge is 0.0909 e. The minimum atomic E-state index is 1.08. The zero-order valence-corrected chi connectivity index (χ0v) is 9.15. The molecule has 1 aliphatic rings. The number of hydrogen-bond acceptors (Lipinski definition) is 4. The highest BCUT2D eigenvalue weighted by molar-refractivity contribution is 7.14.